The Bertz CT molecular complexity index is 875. The van der Waals surface area contributed by atoms with Crippen molar-refractivity contribution in [2.24, 2.45) is 5.10 Å². The maximum Gasteiger partial charge on any atom is 0.279 e. The van der Waals surface area contributed by atoms with Crippen molar-refractivity contribution in [3.63, 3.8) is 0 Å². The van der Waals surface area contributed by atoms with E-state index >= 15 is 0 Å². The van der Waals surface area contributed by atoms with Gasteiger partial charge in [0.15, 0.2) is 5.69 Å². The van der Waals surface area contributed by atoms with Crippen molar-refractivity contribution >= 4 is 23.8 Å². The van der Waals surface area contributed by atoms with Crippen LogP contribution in [0.3, 0.4) is 0 Å². The van der Waals surface area contributed by atoms with Crippen molar-refractivity contribution in [2.45, 2.75) is 0 Å². The van der Waals surface area contributed by atoms with E-state index in [0.29, 0.717) is 10.6 Å². The predicted octanol–water partition coefficient (Wildman–Crippen LogP) is 2.93. The van der Waals surface area contributed by atoms with Gasteiger partial charge in [0.2, 0.25) is 5.95 Å². The number of hydrazone groups is 1. The molecule has 2 aromatic carbocycles. The summed E-state index contributed by atoms with van der Waals surface area (Å²) in [6.45, 7) is 0. The van der Waals surface area contributed by atoms with Crippen LogP contribution in [0.15, 0.2) is 64.5 Å². The fourth-order valence-electron chi connectivity index (χ4n) is 1.89. The summed E-state index contributed by atoms with van der Waals surface area (Å²) < 4.78 is 0. The molecule has 7 heteroatoms. The fourth-order valence-corrected chi connectivity index (χ4v) is 2.02. The van der Waals surface area contributed by atoms with Crippen LogP contribution in [-0.4, -0.2) is 21.4 Å². The summed E-state index contributed by atoms with van der Waals surface area (Å²) >= 11 is 5.81. The molecule has 0 aliphatic rings. The van der Waals surface area contributed by atoms with Gasteiger partial charge in [-0.1, -0.05) is 54.1 Å². The molecular formula is C16H12ClN5O. The van der Waals surface area contributed by atoms with Gasteiger partial charge in [0.25, 0.3) is 5.56 Å². The fraction of sp³-hybridized carbons (Fsp3) is 0. The van der Waals surface area contributed by atoms with E-state index in [1.807, 2.05) is 30.3 Å². The standard InChI is InChI=1S/C16H12ClN5O/c17-13-8-6-11(7-9-13)10-18-21-16-19-15(23)14(20-22-16)12-4-2-1-3-5-12/h1-10H,(H2,19,21,22,23)/b18-10+. The van der Waals surface area contributed by atoms with Gasteiger partial charge in [-0.3, -0.25) is 9.78 Å². The van der Waals surface area contributed by atoms with Crippen LogP contribution >= 0.6 is 11.6 Å². The number of aromatic nitrogens is 3. The van der Waals surface area contributed by atoms with Crippen molar-refractivity contribution in [3.05, 3.63) is 75.5 Å². The van der Waals surface area contributed by atoms with Crippen LogP contribution < -0.4 is 11.0 Å². The van der Waals surface area contributed by atoms with E-state index in [0.717, 1.165) is 5.56 Å². The number of H-pyrrole nitrogens is 1. The SMILES string of the molecule is O=c1[nH]c(N/N=C/c2ccc(Cl)cc2)nnc1-c1ccccc1. The van der Waals surface area contributed by atoms with Gasteiger partial charge >= 0.3 is 0 Å². The second-order valence-electron chi connectivity index (χ2n) is 4.64. The Morgan fingerprint density at radius 3 is 2.48 bits per heavy atom. The Kier molecular flexibility index (Phi) is 4.44. The summed E-state index contributed by atoms with van der Waals surface area (Å²) in [6.07, 6.45) is 1.58. The topological polar surface area (TPSA) is 83.0 Å². The van der Waals surface area contributed by atoms with Crippen LogP contribution in [0.25, 0.3) is 11.3 Å². The number of nitrogens with one attached hydrogen (secondary N) is 2. The lowest BCUT2D eigenvalue weighted by molar-refractivity contribution is 0.947. The summed E-state index contributed by atoms with van der Waals surface area (Å²) in [7, 11) is 0. The summed E-state index contributed by atoms with van der Waals surface area (Å²) in [5, 5.41) is 12.5. The molecule has 6 nitrogen and oxygen atoms in total. The molecule has 3 aromatic rings. The Hall–Kier alpha value is -2.99. The zero-order valence-corrected chi connectivity index (χ0v) is 12.7. The number of rotatable bonds is 4. The average Bonchev–Trinajstić information content (AvgIpc) is 2.58. The molecule has 2 N–H and O–H groups in total. The van der Waals surface area contributed by atoms with Crippen LogP contribution in [0.4, 0.5) is 5.95 Å². The number of hydrogen-bond donors (Lipinski definition) is 2. The maximum atomic E-state index is 12.0. The van der Waals surface area contributed by atoms with Crippen LogP contribution in [-0.2, 0) is 0 Å². The highest BCUT2D eigenvalue weighted by Gasteiger charge is 2.06. The molecule has 1 heterocycles. The number of nitrogens with zero attached hydrogens (tertiary/aromatic N) is 3. The summed E-state index contributed by atoms with van der Waals surface area (Å²) in [5.41, 5.74) is 4.12. The van der Waals surface area contributed by atoms with Gasteiger partial charge < -0.3 is 0 Å². The Labute approximate surface area is 136 Å². The third-order valence-corrected chi connectivity index (χ3v) is 3.25. The van der Waals surface area contributed by atoms with Crippen molar-refractivity contribution < 1.29 is 0 Å². The first-order chi connectivity index (χ1) is 11.2. The average molecular weight is 326 g/mol. The van der Waals surface area contributed by atoms with E-state index in [1.54, 1.807) is 30.5 Å². The number of anilines is 1. The molecule has 0 unspecified atom stereocenters. The molecule has 114 valence electrons. The lowest BCUT2D eigenvalue weighted by Gasteiger charge is -2.01. The third-order valence-electron chi connectivity index (χ3n) is 3.00. The molecule has 0 radical (unpaired) electrons. The second kappa shape index (κ2) is 6.85. The van der Waals surface area contributed by atoms with Gasteiger partial charge in [0.05, 0.1) is 6.21 Å². The number of halogens is 1. The molecule has 0 aliphatic carbocycles. The summed E-state index contributed by atoms with van der Waals surface area (Å²) in [6, 6.07) is 16.3. The molecule has 0 amide bonds. The molecule has 0 aliphatic heterocycles. The first-order valence-electron chi connectivity index (χ1n) is 6.79. The van der Waals surface area contributed by atoms with Crippen LogP contribution in [0.2, 0.25) is 5.02 Å². The smallest absolute Gasteiger partial charge is 0.279 e. The van der Waals surface area contributed by atoms with Gasteiger partial charge in [-0.25, -0.2) is 5.43 Å². The molecule has 0 saturated carbocycles. The molecular weight excluding hydrogens is 314 g/mol. The zero-order chi connectivity index (χ0) is 16.1. The minimum Gasteiger partial charge on any atom is -0.288 e. The highest BCUT2D eigenvalue weighted by Crippen LogP contribution is 2.11. The van der Waals surface area contributed by atoms with Crippen LogP contribution in [0, 0.1) is 0 Å². The minimum absolute atomic E-state index is 0.167. The van der Waals surface area contributed by atoms with Crippen molar-refractivity contribution in [1.82, 2.24) is 15.2 Å². The molecule has 3 rings (SSSR count). The van der Waals surface area contributed by atoms with E-state index in [2.05, 4.69) is 25.7 Å². The van der Waals surface area contributed by atoms with Crippen molar-refractivity contribution in [3.8, 4) is 11.3 Å². The monoisotopic (exact) mass is 325 g/mol. The largest absolute Gasteiger partial charge is 0.288 e. The first kappa shape index (κ1) is 14.9. The molecule has 0 fully saturated rings. The lowest BCUT2D eigenvalue weighted by Crippen LogP contribution is -2.15. The van der Waals surface area contributed by atoms with E-state index < -0.39 is 0 Å². The zero-order valence-electron chi connectivity index (χ0n) is 11.9. The molecule has 0 bridgehead atoms. The second-order valence-corrected chi connectivity index (χ2v) is 5.08. The Morgan fingerprint density at radius 2 is 1.78 bits per heavy atom. The number of benzene rings is 2. The minimum atomic E-state index is -0.338. The predicted molar refractivity (Wildman–Crippen MR) is 90.8 cm³/mol. The number of hydrogen-bond acceptors (Lipinski definition) is 5. The molecule has 23 heavy (non-hydrogen) atoms. The molecule has 1 aromatic heterocycles. The first-order valence-corrected chi connectivity index (χ1v) is 7.17. The Morgan fingerprint density at radius 1 is 1.04 bits per heavy atom. The number of aromatic amines is 1. The lowest BCUT2D eigenvalue weighted by atomic mass is 10.2. The van der Waals surface area contributed by atoms with Gasteiger partial charge in [-0.2, -0.15) is 5.10 Å². The van der Waals surface area contributed by atoms with Gasteiger partial charge in [0.1, 0.15) is 0 Å². The quantitative estimate of drug-likeness (QED) is 0.570. The van der Waals surface area contributed by atoms with Crippen LogP contribution in [0.5, 0.6) is 0 Å². The molecule has 0 atom stereocenters. The van der Waals surface area contributed by atoms with E-state index in [-0.39, 0.29) is 17.2 Å². The third kappa shape index (κ3) is 3.81. The molecule has 0 spiro atoms. The van der Waals surface area contributed by atoms with E-state index in [1.165, 1.54) is 0 Å². The van der Waals surface area contributed by atoms with E-state index in [4.69, 9.17) is 11.6 Å². The van der Waals surface area contributed by atoms with Crippen molar-refractivity contribution in [1.29, 1.82) is 0 Å². The molecule has 0 saturated heterocycles. The highest BCUT2D eigenvalue weighted by atomic mass is 35.5. The summed E-state index contributed by atoms with van der Waals surface area (Å²) in [4.78, 5) is 14.6. The summed E-state index contributed by atoms with van der Waals surface area (Å²) in [5.74, 6) is 0.167. The maximum absolute atomic E-state index is 12.0. The van der Waals surface area contributed by atoms with Gasteiger partial charge in [0, 0.05) is 10.6 Å². The Balaban J connectivity index is 1.73. The highest BCUT2D eigenvalue weighted by molar-refractivity contribution is 6.30. The van der Waals surface area contributed by atoms with E-state index in [9.17, 15) is 4.79 Å². The van der Waals surface area contributed by atoms with Crippen molar-refractivity contribution in [2.75, 3.05) is 5.43 Å². The normalized spacial score (nSPS) is 10.8. The van der Waals surface area contributed by atoms with Gasteiger partial charge in [-0.05, 0) is 17.7 Å². The van der Waals surface area contributed by atoms with Crippen LogP contribution in [0.1, 0.15) is 5.56 Å². The van der Waals surface area contributed by atoms with Gasteiger partial charge in [-0.15, -0.1) is 10.2 Å².